The van der Waals surface area contributed by atoms with E-state index in [0.29, 0.717) is 5.92 Å². The zero-order valence-corrected chi connectivity index (χ0v) is 10.9. The molecule has 0 aliphatic carbocycles. The molecule has 0 amide bonds. The first kappa shape index (κ1) is 13.7. The molecule has 0 fully saturated rings. The number of anilines is 1. The van der Waals surface area contributed by atoms with E-state index in [1.165, 1.54) is 4.57 Å². The number of nitrogen functional groups attached to an aromatic ring is 1. The number of nitrogens with zero attached hydrogens (tertiary/aromatic N) is 2. The lowest BCUT2D eigenvalue weighted by atomic mass is 9.92. The molecule has 0 bridgehead atoms. The van der Waals surface area contributed by atoms with Gasteiger partial charge >= 0.3 is 5.69 Å². The van der Waals surface area contributed by atoms with Crippen molar-refractivity contribution in [3.8, 4) is 0 Å². The molecule has 1 aromatic heterocycles. The quantitative estimate of drug-likeness (QED) is 0.848. The molecule has 0 aliphatic heterocycles. The van der Waals surface area contributed by atoms with Crippen molar-refractivity contribution < 1.29 is 4.74 Å². The maximum absolute atomic E-state index is 11.7. The van der Waals surface area contributed by atoms with Crippen LogP contribution >= 0.6 is 0 Å². The molecule has 0 aliphatic rings. The maximum atomic E-state index is 11.7. The molecule has 0 saturated heterocycles. The predicted octanol–water partition coefficient (Wildman–Crippen LogP) is 1.65. The van der Waals surface area contributed by atoms with E-state index in [0.717, 1.165) is 6.42 Å². The van der Waals surface area contributed by atoms with Gasteiger partial charge in [0.05, 0.1) is 0 Å². The highest BCUT2D eigenvalue weighted by Crippen LogP contribution is 2.26. The lowest BCUT2D eigenvalue weighted by Crippen LogP contribution is -2.33. The standard InChI is InChI=1S/C12H21N3O2/c1-5-8(2)9(3)11(17-4)15-7-6-10(13)14-12(15)16/h6-9,11H,5H2,1-4H3,(H2,13,14,16). The van der Waals surface area contributed by atoms with Crippen LogP contribution in [0.1, 0.15) is 33.4 Å². The van der Waals surface area contributed by atoms with Crippen LogP contribution in [-0.2, 0) is 4.74 Å². The second-order valence-corrected chi connectivity index (χ2v) is 4.41. The van der Waals surface area contributed by atoms with Crippen LogP contribution in [0.15, 0.2) is 17.1 Å². The number of ether oxygens (including phenoxy) is 1. The number of aromatic nitrogens is 2. The van der Waals surface area contributed by atoms with Gasteiger partial charge in [0.2, 0.25) is 0 Å². The zero-order valence-electron chi connectivity index (χ0n) is 10.9. The van der Waals surface area contributed by atoms with Crippen molar-refractivity contribution in [1.29, 1.82) is 0 Å². The summed E-state index contributed by atoms with van der Waals surface area (Å²) < 4.78 is 6.92. The minimum Gasteiger partial charge on any atom is -0.383 e. The van der Waals surface area contributed by atoms with Gasteiger partial charge in [-0.2, -0.15) is 4.98 Å². The summed E-state index contributed by atoms with van der Waals surface area (Å²) in [5.74, 6) is 0.926. The maximum Gasteiger partial charge on any atom is 0.351 e. The van der Waals surface area contributed by atoms with E-state index in [4.69, 9.17) is 10.5 Å². The molecule has 3 unspecified atom stereocenters. The highest BCUT2D eigenvalue weighted by Gasteiger charge is 2.24. The lowest BCUT2D eigenvalue weighted by molar-refractivity contribution is -0.0216. The number of hydrogen-bond donors (Lipinski definition) is 1. The fraction of sp³-hybridized carbons (Fsp3) is 0.667. The SMILES string of the molecule is CCC(C)C(C)C(OC)n1ccc(N)nc1=O. The molecule has 96 valence electrons. The topological polar surface area (TPSA) is 70.1 Å². The molecule has 1 rings (SSSR count). The molecule has 3 atom stereocenters. The summed E-state index contributed by atoms with van der Waals surface area (Å²) in [6.07, 6.45) is 2.38. The molecule has 1 aromatic rings. The van der Waals surface area contributed by atoms with Gasteiger partial charge in [-0.3, -0.25) is 4.57 Å². The Morgan fingerprint density at radius 2 is 2.18 bits per heavy atom. The van der Waals surface area contributed by atoms with E-state index in [-0.39, 0.29) is 23.7 Å². The minimum atomic E-state index is -0.369. The average Bonchev–Trinajstić information content (AvgIpc) is 2.31. The summed E-state index contributed by atoms with van der Waals surface area (Å²) in [7, 11) is 1.60. The second-order valence-electron chi connectivity index (χ2n) is 4.41. The van der Waals surface area contributed by atoms with Gasteiger partial charge in [0, 0.05) is 19.2 Å². The molecule has 0 saturated carbocycles. The van der Waals surface area contributed by atoms with Crippen LogP contribution < -0.4 is 11.4 Å². The third kappa shape index (κ3) is 3.06. The third-order valence-electron chi connectivity index (χ3n) is 3.36. The molecule has 5 nitrogen and oxygen atoms in total. The summed E-state index contributed by atoms with van der Waals surface area (Å²) in [6, 6.07) is 1.61. The molecule has 2 N–H and O–H groups in total. The third-order valence-corrected chi connectivity index (χ3v) is 3.36. The zero-order chi connectivity index (χ0) is 13.0. The molecule has 5 heteroatoms. The van der Waals surface area contributed by atoms with Crippen LogP contribution in [0, 0.1) is 11.8 Å². The van der Waals surface area contributed by atoms with Crippen molar-refractivity contribution in [3.63, 3.8) is 0 Å². The van der Waals surface area contributed by atoms with Crippen molar-refractivity contribution in [1.82, 2.24) is 9.55 Å². The van der Waals surface area contributed by atoms with Gasteiger partial charge in [0.15, 0.2) is 0 Å². The Morgan fingerprint density at radius 3 is 2.65 bits per heavy atom. The first-order chi connectivity index (χ1) is 8.01. The number of methoxy groups -OCH3 is 1. The molecule has 1 heterocycles. The smallest absolute Gasteiger partial charge is 0.351 e. The average molecular weight is 239 g/mol. The van der Waals surface area contributed by atoms with E-state index >= 15 is 0 Å². The summed E-state index contributed by atoms with van der Waals surface area (Å²) in [4.78, 5) is 15.5. The van der Waals surface area contributed by atoms with Crippen molar-refractivity contribution >= 4 is 5.82 Å². The van der Waals surface area contributed by atoms with Gasteiger partial charge in [-0.25, -0.2) is 4.79 Å². The van der Waals surface area contributed by atoms with Gasteiger partial charge in [0.25, 0.3) is 0 Å². The number of hydrogen-bond acceptors (Lipinski definition) is 4. The normalized spacial score (nSPS) is 16.5. The van der Waals surface area contributed by atoms with Crippen molar-refractivity contribution in [2.75, 3.05) is 12.8 Å². The van der Waals surface area contributed by atoms with E-state index in [1.807, 2.05) is 0 Å². The van der Waals surface area contributed by atoms with Gasteiger partial charge < -0.3 is 10.5 Å². The van der Waals surface area contributed by atoms with Gasteiger partial charge in [-0.15, -0.1) is 0 Å². The predicted molar refractivity (Wildman–Crippen MR) is 67.6 cm³/mol. The Kier molecular flexibility index (Phi) is 4.69. The Bertz CT molecular complexity index is 416. The Balaban J connectivity index is 3.05. The number of rotatable bonds is 5. The lowest BCUT2D eigenvalue weighted by Gasteiger charge is -2.28. The van der Waals surface area contributed by atoms with Crippen molar-refractivity contribution in [2.45, 2.75) is 33.4 Å². The summed E-state index contributed by atoms with van der Waals surface area (Å²) in [5, 5.41) is 0. The van der Waals surface area contributed by atoms with Crippen LogP contribution in [0.25, 0.3) is 0 Å². The number of nitrogens with two attached hydrogens (primary N) is 1. The Morgan fingerprint density at radius 1 is 1.53 bits per heavy atom. The Hall–Kier alpha value is -1.36. The summed E-state index contributed by atoms with van der Waals surface area (Å²) >= 11 is 0. The van der Waals surface area contributed by atoms with Gasteiger partial charge in [-0.05, 0) is 12.0 Å². The monoisotopic (exact) mass is 239 g/mol. The fourth-order valence-electron chi connectivity index (χ4n) is 1.85. The molecule has 0 aromatic carbocycles. The van der Waals surface area contributed by atoms with Crippen molar-refractivity contribution in [2.24, 2.45) is 11.8 Å². The van der Waals surface area contributed by atoms with Crippen LogP contribution in [0.4, 0.5) is 5.82 Å². The summed E-state index contributed by atoms with van der Waals surface area (Å²) in [6.45, 7) is 6.34. The van der Waals surface area contributed by atoms with E-state index in [2.05, 4.69) is 25.8 Å². The largest absolute Gasteiger partial charge is 0.383 e. The van der Waals surface area contributed by atoms with E-state index in [1.54, 1.807) is 19.4 Å². The molecule has 0 spiro atoms. The van der Waals surface area contributed by atoms with E-state index < -0.39 is 0 Å². The molecular weight excluding hydrogens is 218 g/mol. The van der Waals surface area contributed by atoms with E-state index in [9.17, 15) is 4.79 Å². The van der Waals surface area contributed by atoms with Gasteiger partial charge in [0.1, 0.15) is 12.0 Å². The van der Waals surface area contributed by atoms with Crippen LogP contribution in [-0.4, -0.2) is 16.7 Å². The fourth-order valence-corrected chi connectivity index (χ4v) is 1.85. The van der Waals surface area contributed by atoms with Crippen LogP contribution in [0.2, 0.25) is 0 Å². The Labute approximate surface area is 102 Å². The highest BCUT2D eigenvalue weighted by atomic mass is 16.5. The second kappa shape index (κ2) is 5.82. The van der Waals surface area contributed by atoms with Crippen LogP contribution in [0.5, 0.6) is 0 Å². The first-order valence-electron chi connectivity index (χ1n) is 5.88. The highest BCUT2D eigenvalue weighted by molar-refractivity contribution is 5.23. The molecule has 0 radical (unpaired) electrons. The molecule has 17 heavy (non-hydrogen) atoms. The minimum absolute atomic E-state index is 0.230. The summed E-state index contributed by atoms with van der Waals surface area (Å²) in [5.41, 5.74) is 5.10. The molecular formula is C12H21N3O2. The van der Waals surface area contributed by atoms with Crippen LogP contribution in [0.3, 0.4) is 0 Å². The first-order valence-corrected chi connectivity index (χ1v) is 5.88. The van der Waals surface area contributed by atoms with Gasteiger partial charge in [-0.1, -0.05) is 27.2 Å². The van der Waals surface area contributed by atoms with Crippen molar-refractivity contribution in [3.05, 3.63) is 22.7 Å².